The summed E-state index contributed by atoms with van der Waals surface area (Å²) >= 11 is 5.91. The highest BCUT2D eigenvalue weighted by Gasteiger charge is 2.27. The van der Waals surface area contributed by atoms with E-state index in [1.807, 2.05) is 0 Å². The van der Waals surface area contributed by atoms with Gasteiger partial charge in [0.05, 0.1) is 16.1 Å². The predicted molar refractivity (Wildman–Crippen MR) is 100 cm³/mol. The molecule has 1 aliphatic rings. The van der Waals surface area contributed by atoms with Crippen molar-refractivity contribution in [3.05, 3.63) is 76.1 Å². The highest BCUT2D eigenvalue weighted by atomic mass is 35.5. The first-order valence-electron chi connectivity index (χ1n) is 8.13. The maximum atomic E-state index is 13.5. The van der Waals surface area contributed by atoms with Crippen LogP contribution in [0.3, 0.4) is 0 Å². The van der Waals surface area contributed by atoms with Crippen molar-refractivity contribution in [2.24, 2.45) is 4.99 Å². The molecule has 2 heterocycles. The molecule has 2 aromatic carbocycles. The molecule has 1 aromatic heterocycles. The second kappa shape index (κ2) is 6.69. The molecule has 0 amide bonds. The number of hydrogen-bond donors (Lipinski definition) is 0. The van der Waals surface area contributed by atoms with Crippen molar-refractivity contribution in [2.75, 3.05) is 0 Å². The van der Waals surface area contributed by atoms with E-state index in [1.54, 1.807) is 30.5 Å². The van der Waals surface area contributed by atoms with Crippen LogP contribution < -0.4 is 0 Å². The lowest BCUT2D eigenvalue weighted by Crippen LogP contribution is -2.07. The summed E-state index contributed by atoms with van der Waals surface area (Å²) in [7, 11) is 0. The molecule has 0 spiro atoms. The first-order valence-corrected chi connectivity index (χ1v) is 8.51. The molecule has 0 atom stereocenters. The predicted octanol–water partition coefficient (Wildman–Crippen LogP) is 4.58. The van der Waals surface area contributed by atoms with Crippen LogP contribution >= 0.6 is 11.6 Å². The van der Waals surface area contributed by atoms with E-state index in [1.165, 1.54) is 17.6 Å². The second-order valence-corrected chi connectivity index (χ2v) is 6.48. The van der Waals surface area contributed by atoms with Crippen LogP contribution in [-0.4, -0.2) is 22.3 Å². The van der Waals surface area contributed by atoms with Gasteiger partial charge in [-0.15, -0.1) is 0 Å². The van der Waals surface area contributed by atoms with Gasteiger partial charge in [0.15, 0.2) is 17.3 Å². The number of cyclic esters (lactones) is 1. The first kappa shape index (κ1) is 18.1. The summed E-state index contributed by atoms with van der Waals surface area (Å²) in [5.41, 5.74) is 1.17. The van der Waals surface area contributed by atoms with E-state index < -0.39 is 17.6 Å². The fraction of sp³-hybridized carbons (Fsp3) is 0.0500. The summed E-state index contributed by atoms with van der Waals surface area (Å²) in [6.07, 6.45) is 3.05. The summed E-state index contributed by atoms with van der Waals surface area (Å²) in [6.45, 7) is 1.43. The number of fused-ring (bicyclic) bond motifs is 1. The van der Waals surface area contributed by atoms with Gasteiger partial charge in [0.1, 0.15) is 0 Å². The van der Waals surface area contributed by atoms with Crippen molar-refractivity contribution in [3.8, 4) is 0 Å². The third kappa shape index (κ3) is 2.99. The molecule has 0 unspecified atom stereocenters. The third-order valence-corrected chi connectivity index (χ3v) is 4.55. The topological polar surface area (TPSA) is 60.7 Å². The number of ether oxygens (including phenoxy) is 1. The highest BCUT2D eigenvalue weighted by molar-refractivity contribution is 6.34. The van der Waals surface area contributed by atoms with Crippen LogP contribution in [0.1, 0.15) is 22.8 Å². The Morgan fingerprint density at radius 3 is 2.68 bits per heavy atom. The number of carbonyl (C=O) groups is 2. The van der Waals surface area contributed by atoms with E-state index >= 15 is 0 Å². The average molecular weight is 401 g/mol. The van der Waals surface area contributed by atoms with Gasteiger partial charge < -0.3 is 4.74 Å². The Morgan fingerprint density at radius 2 is 1.93 bits per heavy atom. The number of benzene rings is 2. The zero-order valence-electron chi connectivity index (χ0n) is 14.4. The van der Waals surface area contributed by atoms with E-state index in [4.69, 9.17) is 16.3 Å². The van der Waals surface area contributed by atoms with Gasteiger partial charge >= 0.3 is 5.97 Å². The summed E-state index contributed by atoms with van der Waals surface area (Å²) in [5, 5.41) is 0.604. The minimum Gasteiger partial charge on any atom is -0.402 e. The van der Waals surface area contributed by atoms with Gasteiger partial charge in [-0.05, 0) is 24.3 Å². The Morgan fingerprint density at radius 1 is 1.21 bits per heavy atom. The number of aliphatic imine (C=N–C) groups is 1. The van der Waals surface area contributed by atoms with Crippen molar-refractivity contribution in [1.82, 2.24) is 4.57 Å². The zero-order chi connectivity index (χ0) is 20.0. The molecule has 1 aliphatic heterocycles. The Balaban J connectivity index is 1.81. The SMILES string of the molecule is CC(=O)n1cc(C=C2N=C(c3cc(F)c(F)cc3Cl)OC2=O)c2ccccc21. The van der Waals surface area contributed by atoms with Crippen molar-refractivity contribution in [1.29, 1.82) is 0 Å². The Labute approximate surface area is 162 Å². The van der Waals surface area contributed by atoms with E-state index in [-0.39, 0.29) is 28.1 Å². The van der Waals surface area contributed by atoms with Crippen molar-refractivity contribution < 1.29 is 23.1 Å². The number of aromatic nitrogens is 1. The van der Waals surface area contributed by atoms with E-state index in [0.717, 1.165) is 17.5 Å². The van der Waals surface area contributed by atoms with Gasteiger partial charge in [0.2, 0.25) is 11.8 Å². The zero-order valence-corrected chi connectivity index (χ0v) is 15.1. The molecular formula is C20H11ClF2N2O3. The fourth-order valence-electron chi connectivity index (χ4n) is 2.94. The van der Waals surface area contributed by atoms with E-state index in [9.17, 15) is 18.4 Å². The van der Waals surface area contributed by atoms with Gasteiger partial charge in [-0.2, -0.15) is 0 Å². The largest absolute Gasteiger partial charge is 0.402 e. The van der Waals surface area contributed by atoms with Gasteiger partial charge in [-0.25, -0.2) is 18.6 Å². The van der Waals surface area contributed by atoms with Crippen LogP contribution in [-0.2, 0) is 9.53 Å². The van der Waals surface area contributed by atoms with E-state index in [0.29, 0.717) is 11.1 Å². The standard InChI is InChI=1S/C20H11ClF2N2O3/c1-10(26)25-9-11(12-4-2-3-5-18(12)25)6-17-20(27)28-19(24-17)13-7-15(22)16(23)8-14(13)21/h2-9H,1H3. The Hall–Kier alpha value is -3.32. The summed E-state index contributed by atoms with van der Waals surface area (Å²) < 4.78 is 33.3. The molecule has 0 saturated carbocycles. The van der Waals surface area contributed by atoms with Crippen molar-refractivity contribution in [3.63, 3.8) is 0 Å². The summed E-state index contributed by atoms with van der Waals surface area (Å²) in [6, 6.07) is 8.78. The Kier molecular flexibility index (Phi) is 4.31. The van der Waals surface area contributed by atoms with Crippen LogP contribution in [0.25, 0.3) is 17.0 Å². The smallest absolute Gasteiger partial charge is 0.363 e. The Bertz CT molecular complexity index is 1230. The monoisotopic (exact) mass is 400 g/mol. The number of nitrogens with zero attached hydrogens (tertiary/aromatic N) is 2. The number of hydrogen-bond acceptors (Lipinski definition) is 4. The number of halogens is 3. The molecular weight excluding hydrogens is 390 g/mol. The van der Waals surface area contributed by atoms with Gasteiger partial charge in [-0.1, -0.05) is 29.8 Å². The van der Waals surface area contributed by atoms with Crippen LogP contribution in [0, 0.1) is 11.6 Å². The van der Waals surface area contributed by atoms with Gasteiger partial charge in [0.25, 0.3) is 0 Å². The molecule has 5 nitrogen and oxygen atoms in total. The molecule has 8 heteroatoms. The average Bonchev–Trinajstić information content (AvgIpc) is 3.20. The number of carbonyl (C=O) groups excluding carboxylic acids is 2. The summed E-state index contributed by atoms with van der Waals surface area (Å²) in [4.78, 5) is 28.1. The first-order chi connectivity index (χ1) is 13.3. The molecule has 3 aromatic rings. The van der Waals surface area contributed by atoms with Gasteiger partial charge in [-0.3, -0.25) is 9.36 Å². The highest BCUT2D eigenvalue weighted by Crippen LogP contribution is 2.28. The minimum absolute atomic E-state index is 0.0384. The fourth-order valence-corrected chi connectivity index (χ4v) is 3.17. The van der Waals surface area contributed by atoms with Gasteiger partial charge in [0, 0.05) is 24.1 Å². The quantitative estimate of drug-likeness (QED) is 0.359. The lowest BCUT2D eigenvalue weighted by Gasteiger charge is -2.03. The summed E-state index contributed by atoms with van der Waals surface area (Å²) in [5.74, 6) is -3.44. The third-order valence-electron chi connectivity index (χ3n) is 4.24. The molecule has 0 radical (unpaired) electrons. The molecule has 140 valence electrons. The maximum Gasteiger partial charge on any atom is 0.363 e. The van der Waals surface area contributed by atoms with Crippen molar-refractivity contribution >= 4 is 46.4 Å². The molecule has 4 rings (SSSR count). The van der Waals surface area contributed by atoms with Crippen LogP contribution in [0.2, 0.25) is 5.02 Å². The lowest BCUT2D eigenvalue weighted by atomic mass is 10.1. The molecule has 0 bridgehead atoms. The molecule has 0 saturated heterocycles. The van der Waals surface area contributed by atoms with E-state index in [2.05, 4.69) is 4.99 Å². The van der Waals surface area contributed by atoms with Crippen LogP contribution in [0.4, 0.5) is 8.78 Å². The lowest BCUT2D eigenvalue weighted by molar-refractivity contribution is -0.129. The number of rotatable bonds is 2. The molecule has 0 aliphatic carbocycles. The van der Waals surface area contributed by atoms with Crippen LogP contribution in [0.5, 0.6) is 0 Å². The molecule has 0 N–H and O–H groups in total. The molecule has 28 heavy (non-hydrogen) atoms. The maximum absolute atomic E-state index is 13.5. The van der Waals surface area contributed by atoms with Crippen molar-refractivity contribution in [2.45, 2.75) is 6.92 Å². The second-order valence-electron chi connectivity index (χ2n) is 6.07. The normalized spacial score (nSPS) is 15.2. The number of para-hydroxylation sites is 1. The molecule has 0 fully saturated rings. The minimum atomic E-state index is -1.14. The number of esters is 1. The van der Waals surface area contributed by atoms with Crippen LogP contribution in [0.15, 0.2) is 53.3 Å².